The molecule has 4 rings (SSSR count). The molecular weight excluding hydrogens is 515 g/mol. The molecule has 2 N–H and O–H groups in total. The Morgan fingerprint density at radius 2 is 1.63 bits per heavy atom. The Labute approximate surface area is 231 Å². The Morgan fingerprint density at radius 3 is 2.26 bits per heavy atom. The molecule has 0 bridgehead atoms. The molecule has 38 heavy (non-hydrogen) atoms. The average molecular weight is 553 g/mol. The summed E-state index contributed by atoms with van der Waals surface area (Å²) >= 11 is 6.22. The zero-order chi connectivity index (χ0) is 27.6. The van der Waals surface area contributed by atoms with Gasteiger partial charge in [0.05, 0.1) is 6.10 Å². The van der Waals surface area contributed by atoms with Crippen LogP contribution in [0, 0.1) is 5.95 Å². The predicted molar refractivity (Wildman–Crippen MR) is 158 cm³/mol. The third-order valence-electron chi connectivity index (χ3n) is 7.91. The maximum atomic E-state index is 15.1. The van der Waals surface area contributed by atoms with E-state index >= 15 is 4.39 Å². The summed E-state index contributed by atoms with van der Waals surface area (Å²) in [7, 11) is -2.07. The number of hydrogen-bond acceptors (Lipinski definition) is 4. The van der Waals surface area contributed by atoms with Gasteiger partial charge in [-0.25, -0.2) is 9.97 Å². The lowest BCUT2D eigenvalue weighted by atomic mass is 10.0. The molecule has 0 aliphatic heterocycles. The van der Waals surface area contributed by atoms with Crippen LogP contribution >= 0.6 is 11.6 Å². The van der Waals surface area contributed by atoms with Crippen molar-refractivity contribution in [2.75, 3.05) is 5.32 Å². The Kier molecular flexibility index (Phi) is 8.60. The molecule has 0 saturated carbocycles. The van der Waals surface area contributed by atoms with Gasteiger partial charge in [0.25, 0.3) is 0 Å². The predicted octanol–water partition coefficient (Wildman–Crippen LogP) is 8.14. The molecule has 0 saturated heterocycles. The molecule has 5 nitrogen and oxygen atoms in total. The van der Waals surface area contributed by atoms with Crippen molar-refractivity contribution < 1.29 is 9.50 Å². The molecule has 0 aliphatic carbocycles. The third kappa shape index (κ3) is 5.24. The van der Waals surface area contributed by atoms with Crippen molar-refractivity contribution in [3.8, 4) is 0 Å². The van der Waals surface area contributed by atoms with Crippen molar-refractivity contribution >= 4 is 36.7 Å². The molecule has 3 aromatic heterocycles. The van der Waals surface area contributed by atoms with Crippen molar-refractivity contribution in [1.82, 2.24) is 14.2 Å². The number of aliphatic hydroxyl groups excluding tert-OH is 1. The lowest BCUT2D eigenvalue weighted by Gasteiger charge is -2.44. The van der Waals surface area contributed by atoms with E-state index < -0.39 is 20.3 Å². The van der Waals surface area contributed by atoms with Gasteiger partial charge in [0.15, 0.2) is 8.24 Å². The highest BCUT2D eigenvalue weighted by Gasteiger charge is 2.46. The van der Waals surface area contributed by atoms with Gasteiger partial charge in [-0.05, 0) is 58.1 Å². The van der Waals surface area contributed by atoms with Crippen molar-refractivity contribution in [2.45, 2.75) is 77.2 Å². The fourth-order valence-electron chi connectivity index (χ4n) is 6.36. The van der Waals surface area contributed by atoms with Crippen molar-refractivity contribution in [3.05, 3.63) is 88.6 Å². The topological polar surface area (TPSA) is 63.0 Å². The van der Waals surface area contributed by atoms with Crippen molar-refractivity contribution in [3.63, 3.8) is 0 Å². The van der Waals surface area contributed by atoms with Crippen LogP contribution in [0.2, 0.25) is 21.6 Å². The van der Waals surface area contributed by atoms with Crippen molar-refractivity contribution in [1.29, 1.82) is 0 Å². The van der Waals surface area contributed by atoms with Gasteiger partial charge in [0, 0.05) is 41.3 Å². The summed E-state index contributed by atoms with van der Waals surface area (Å²) < 4.78 is 17.5. The van der Waals surface area contributed by atoms with E-state index in [1.165, 1.54) is 0 Å². The van der Waals surface area contributed by atoms with Crippen LogP contribution < -0.4 is 5.32 Å². The smallest absolute Gasteiger partial charge is 0.220 e. The molecular formula is C30H38ClFN4OSi. The first-order valence-corrected chi connectivity index (χ1v) is 15.9. The lowest BCUT2D eigenvalue weighted by molar-refractivity contribution is 0.173. The number of rotatable bonds is 10. The Morgan fingerprint density at radius 1 is 0.947 bits per heavy atom. The molecule has 3 heterocycles. The first-order chi connectivity index (χ1) is 18.1. The van der Waals surface area contributed by atoms with Gasteiger partial charge < -0.3 is 14.7 Å². The van der Waals surface area contributed by atoms with Gasteiger partial charge in [0.2, 0.25) is 5.95 Å². The summed E-state index contributed by atoms with van der Waals surface area (Å²) in [6, 6.07) is 14.8. The minimum atomic E-state index is -2.07. The Balaban J connectivity index is 1.63. The summed E-state index contributed by atoms with van der Waals surface area (Å²) in [5.41, 5.74) is 4.48. The summed E-state index contributed by atoms with van der Waals surface area (Å²) in [4.78, 5) is 8.85. The molecule has 1 atom stereocenters. The number of aromatic nitrogens is 3. The van der Waals surface area contributed by atoms with Crippen LogP contribution in [0.1, 0.15) is 64.3 Å². The number of pyridine rings is 2. The molecule has 4 aromatic rings. The van der Waals surface area contributed by atoms with E-state index in [0.29, 0.717) is 34.0 Å². The zero-order valence-corrected chi connectivity index (χ0v) is 24.8. The fraction of sp³-hybridized carbons (Fsp3) is 0.400. The second kappa shape index (κ2) is 11.6. The SMILES string of the molecule is CC(C)[Si](C(C)C)(C(C)C)n1cc(CC(O)c2ccc(NCc3ccccc3Cl)nc2F)c2cccnc21. The monoisotopic (exact) mass is 552 g/mol. The van der Waals surface area contributed by atoms with Crippen LogP contribution in [0.4, 0.5) is 10.2 Å². The highest BCUT2D eigenvalue weighted by atomic mass is 35.5. The summed E-state index contributed by atoms with van der Waals surface area (Å²) in [6.45, 7) is 14.3. The minimum Gasteiger partial charge on any atom is -0.388 e. The fourth-order valence-corrected chi connectivity index (χ4v) is 13.2. The number of halogens is 2. The number of anilines is 1. The van der Waals surface area contributed by atoms with Gasteiger partial charge in [0.1, 0.15) is 11.5 Å². The Bertz CT molecular complexity index is 1380. The number of nitrogens with zero attached hydrogens (tertiary/aromatic N) is 3. The number of benzene rings is 1. The molecule has 1 unspecified atom stereocenters. The van der Waals surface area contributed by atoms with Gasteiger partial charge >= 0.3 is 0 Å². The van der Waals surface area contributed by atoms with E-state index in [4.69, 9.17) is 16.6 Å². The number of hydrogen-bond donors (Lipinski definition) is 2. The largest absolute Gasteiger partial charge is 0.388 e. The van der Waals surface area contributed by atoms with Crippen LogP contribution in [0.25, 0.3) is 11.0 Å². The van der Waals surface area contributed by atoms with Crippen LogP contribution in [0.3, 0.4) is 0 Å². The van der Waals surface area contributed by atoms with E-state index in [9.17, 15) is 5.11 Å². The second-order valence-corrected chi connectivity index (χ2v) is 17.1. The third-order valence-corrected chi connectivity index (χ3v) is 15.0. The van der Waals surface area contributed by atoms with Gasteiger partial charge in [-0.2, -0.15) is 4.39 Å². The van der Waals surface area contributed by atoms with E-state index in [1.807, 2.05) is 36.5 Å². The summed E-state index contributed by atoms with van der Waals surface area (Å²) in [5.74, 6) is -0.292. The van der Waals surface area contributed by atoms with Crippen molar-refractivity contribution in [2.24, 2.45) is 0 Å². The first kappa shape index (κ1) is 28.3. The number of nitrogens with one attached hydrogen (secondary N) is 1. The van der Waals surface area contributed by atoms with Gasteiger partial charge in [-0.15, -0.1) is 0 Å². The van der Waals surface area contributed by atoms with Gasteiger partial charge in [-0.3, -0.25) is 0 Å². The molecule has 0 radical (unpaired) electrons. The summed E-state index contributed by atoms with van der Waals surface area (Å²) in [6.07, 6.45) is 3.25. The van der Waals surface area contributed by atoms with Crippen LogP contribution in [-0.4, -0.2) is 27.5 Å². The zero-order valence-electron chi connectivity index (χ0n) is 23.0. The number of fused-ring (bicyclic) bond motifs is 1. The molecule has 0 aliphatic rings. The van der Waals surface area contributed by atoms with Crippen LogP contribution in [0.15, 0.2) is 60.9 Å². The van der Waals surface area contributed by atoms with E-state index in [2.05, 4.69) is 68.3 Å². The minimum absolute atomic E-state index is 0.179. The maximum Gasteiger partial charge on any atom is 0.220 e. The molecule has 8 heteroatoms. The van der Waals surface area contributed by atoms with E-state index in [0.717, 1.165) is 22.2 Å². The van der Waals surface area contributed by atoms with Gasteiger partial charge in [-0.1, -0.05) is 71.3 Å². The second-order valence-electron chi connectivity index (χ2n) is 11.0. The maximum absolute atomic E-state index is 15.1. The Hall–Kier alpha value is -2.74. The molecule has 0 fully saturated rings. The van der Waals surface area contributed by atoms with Crippen LogP contribution in [-0.2, 0) is 13.0 Å². The standard InChI is InChI=1S/C30H38ClFN4OSi/c1-19(2)38(20(3)4,21(5)6)36-18-23(24-11-9-15-33-30(24)36)16-27(37)25-13-14-28(35-29(25)32)34-17-22-10-7-8-12-26(22)31/h7-15,18-21,27,37H,16-17H2,1-6H3,(H,34,35). The highest BCUT2D eigenvalue weighted by molar-refractivity contribution is 6.82. The number of aliphatic hydroxyl groups is 1. The average Bonchev–Trinajstić information content (AvgIpc) is 3.21. The molecule has 1 aromatic carbocycles. The highest BCUT2D eigenvalue weighted by Crippen LogP contribution is 2.44. The first-order valence-electron chi connectivity index (χ1n) is 13.3. The molecule has 202 valence electrons. The quantitative estimate of drug-likeness (QED) is 0.154. The van der Waals surface area contributed by atoms with E-state index in [1.54, 1.807) is 12.1 Å². The normalized spacial score (nSPS) is 13.2. The van der Waals surface area contributed by atoms with E-state index in [-0.39, 0.29) is 12.0 Å². The molecule has 0 amide bonds. The molecule has 0 spiro atoms. The lowest BCUT2D eigenvalue weighted by Crippen LogP contribution is -2.51. The summed E-state index contributed by atoms with van der Waals surface area (Å²) in [5, 5.41) is 15.9. The van der Waals surface area contributed by atoms with Crippen LogP contribution in [0.5, 0.6) is 0 Å².